The maximum atomic E-state index is 12.0. The van der Waals surface area contributed by atoms with Crippen molar-refractivity contribution in [2.45, 2.75) is 27.3 Å². The van der Waals surface area contributed by atoms with Gasteiger partial charge in [0.15, 0.2) is 0 Å². The molecule has 0 amide bonds. The lowest BCUT2D eigenvalue weighted by molar-refractivity contribution is 0.0514. The van der Waals surface area contributed by atoms with Crippen LogP contribution in [0.15, 0.2) is 24.3 Å². The SMILES string of the molecule is CCOC(=O)c1cc2c(OCC)cccc2n1CC. The second kappa shape index (κ2) is 5.78. The van der Waals surface area contributed by atoms with E-state index in [4.69, 9.17) is 9.47 Å². The Labute approximate surface area is 112 Å². The van der Waals surface area contributed by atoms with E-state index in [2.05, 4.69) is 0 Å². The van der Waals surface area contributed by atoms with Gasteiger partial charge >= 0.3 is 5.97 Å². The molecule has 1 heterocycles. The maximum absolute atomic E-state index is 12.0. The van der Waals surface area contributed by atoms with Crippen LogP contribution in [0.4, 0.5) is 0 Å². The number of benzene rings is 1. The Kier molecular flexibility index (Phi) is 4.10. The minimum atomic E-state index is -0.289. The molecule has 0 atom stereocenters. The van der Waals surface area contributed by atoms with Crippen molar-refractivity contribution in [3.8, 4) is 5.75 Å². The second-order valence-corrected chi connectivity index (χ2v) is 4.12. The van der Waals surface area contributed by atoms with Crippen molar-refractivity contribution >= 4 is 16.9 Å². The first-order chi connectivity index (χ1) is 9.22. The van der Waals surface area contributed by atoms with Gasteiger partial charge in [0.1, 0.15) is 11.4 Å². The Bertz CT molecular complexity index is 586. The summed E-state index contributed by atoms with van der Waals surface area (Å²) in [6.45, 7) is 7.46. The Balaban J connectivity index is 2.59. The molecule has 19 heavy (non-hydrogen) atoms. The van der Waals surface area contributed by atoms with Crippen LogP contribution >= 0.6 is 0 Å². The number of carbonyl (C=O) groups excluding carboxylic acids is 1. The number of hydrogen-bond donors (Lipinski definition) is 0. The molecule has 0 aliphatic carbocycles. The third-order valence-electron chi connectivity index (χ3n) is 3.01. The minimum absolute atomic E-state index is 0.289. The van der Waals surface area contributed by atoms with Gasteiger partial charge < -0.3 is 14.0 Å². The first kappa shape index (κ1) is 13.5. The van der Waals surface area contributed by atoms with Gasteiger partial charge in [0.05, 0.1) is 18.7 Å². The van der Waals surface area contributed by atoms with Crippen LogP contribution in [-0.2, 0) is 11.3 Å². The summed E-state index contributed by atoms with van der Waals surface area (Å²) < 4.78 is 12.7. The Hall–Kier alpha value is -1.97. The standard InChI is InChI=1S/C15H19NO3/c1-4-16-12-8-7-9-14(18-5-2)11(12)10-13(16)15(17)19-6-3/h7-10H,4-6H2,1-3H3. The molecule has 0 spiro atoms. The first-order valence-corrected chi connectivity index (χ1v) is 6.65. The van der Waals surface area contributed by atoms with Gasteiger partial charge in [0, 0.05) is 11.9 Å². The zero-order chi connectivity index (χ0) is 13.8. The predicted octanol–water partition coefficient (Wildman–Crippen LogP) is 3.24. The van der Waals surface area contributed by atoms with E-state index in [9.17, 15) is 4.79 Å². The third-order valence-corrected chi connectivity index (χ3v) is 3.01. The monoisotopic (exact) mass is 261 g/mol. The molecule has 0 bridgehead atoms. The van der Waals surface area contributed by atoms with E-state index in [0.29, 0.717) is 25.5 Å². The summed E-state index contributed by atoms with van der Waals surface area (Å²) in [5, 5.41) is 0.953. The molecule has 2 aromatic rings. The number of aromatic nitrogens is 1. The van der Waals surface area contributed by atoms with Crippen molar-refractivity contribution in [1.29, 1.82) is 0 Å². The van der Waals surface area contributed by atoms with E-state index in [-0.39, 0.29) is 5.97 Å². The summed E-state index contributed by atoms with van der Waals surface area (Å²) >= 11 is 0. The van der Waals surface area contributed by atoms with Crippen LogP contribution in [0.2, 0.25) is 0 Å². The topological polar surface area (TPSA) is 40.5 Å². The second-order valence-electron chi connectivity index (χ2n) is 4.12. The Morgan fingerprint density at radius 1 is 1.21 bits per heavy atom. The minimum Gasteiger partial charge on any atom is -0.493 e. The summed E-state index contributed by atoms with van der Waals surface area (Å²) in [6, 6.07) is 7.70. The fraction of sp³-hybridized carbons (Fsp3) is 0.400. The highest BCUT2D eigenvalue weighted by molar-refractivity contribution is 5.97. The molecule has 0 N–H and O–H groups in total. The van der Waals surface area contributed by atoms with Crippen molar-refractivity contribution in [2.75, 3.05) is 13.2 Å². The van der Waals surface area contributed by atoms with Crippen LogP contribution < -0.4 is 4.74 Å². The molecule has 4 heteroatoms. The highest BCUT2D eigenvalue weighted by atomic mass is 16.5. The normalized spacial score (nSPS) is 10.7. The van der Waals surface area contributed by atoms with Crippen LogP contribution in [0.25, 0.3) is 10.9 Å². The van der Waals surface area contributed by atoms with E-state index in [1.165, 1.54) is 0 Å². The summed E-state index contributed by atoms with van der Waals surface area (Å²) in [5.41, 5.74) is 1.57. The molecule has 102 valence electrons. The number of hydrogen-bond acceptors (Lipinski definition) is 3. The zero-order valence-corrected chi connectivity index (χ0v) is 11.6. The van der Waals surface area contributed by atoms with Gasteiger partial charge in [-0.15, -0.1) is 0 Å². The van der Waals surface area contributed by atoms with Gasteiger partial charge in [-0.05, 0) is 39.0 Å². The van der Waals surface area contributed by atoms with E-state index in [1.807, 2.05) is 49.6 Å². The van der Waals surface area contributed by atoms with Crippen molar-refractivity contribution in [3.63, 3.8) is 0 Å². The molecule has 0 aliphatic rings. The number of esters is 1. The summed E-state index contributed by atoms with van der Waals surface area (Å²) in [4.78, 5) is 12.0. The van der Waals surface area contributed by atoms with Crippen LogP contribution in [0.3, 0.4) is 0 Å². The lowest BCUT2D eigenvalue weighted by atomic mass is 10.2. The summed E-state index contributed by atoms with van der Waals surface area (Å²) in [5.74, 6) is 0.515. The van der Waals surface area contributed by atoms with Gasteiger partial charge in [-0.1, -0.05) is 6.07 Å². The molecule has 4 nitrogen and oxygen atoms in total. The Morgan fingerprint density at radius 2 is 2.00 bits per heavy atom. The number of fused-ring (bicyclic) bond motifs is 1. The van der Waals surface area contributed by atoms with E-state index in [1.54, 1.807) is 0 Å². The number of nitrogens with zero attached hydrogens (tertiary/aromatic N) is 1. The van der Waals surface area contributed by atoms with Gasteiger partial charge in [0.25, 0.3) is 0 Å². The largest absolute Gasteiger partial charge is 0.493 e. The lowest BCUT2D eigenvalue weighted by Crippen LogP contribution is -2.11. The van der Waals surface area contributed by atoms with Crippen LogP contribution in [0.1, 0.15) is 31.3 Å². The molecule has 2 rings (SSSR count). The van der Waals surface area contributed by atoms with Crippen molar-refractivity contribution in [2.24, 2.45) is 0 Å². The van der Waals surface area contributed by atoms with Gasteiger partial charge in [-0.2, -0.15) is 0 Å². The fourth-order valence-electron chi connectivity index (χ4n) is 2.25. The van der Waals surface area contributed by atoms with Crippen molar-refractivity contribution in [1.82, 2.24) is 4.57 Å². The highest BCUT2D eigenvalue weighted by Crippen LogP contribution is 2.29. The third kappa shape index (κ3) is 2.43. The molecule has 0 radical (unpaired) electrons. The van der Waals surface area contributed by atoms with E-state index in [0.717, 1.165) is 16.7 Å². The Morgan fingerprint density at radius 3 is 2.63 bits per heavy atom. The average molecular weight is 261 g/mol. The van der Waals surface area contributed by atoms with Crippen molar-refractivity contribution in [3.05, 3.63) is 30.0 Å². The first-order valence-electron chi connectivity index (χ1n) is 6.65. The molecule has 0 saturated heterocycles. The van der Waals surface area contributed by atoms with Gasteiger partial charge in [-0.3, -0.25) is 0 Å². The molecular weight excluding hydrogens is 242 g/mol. The number of rotatable bonds is 5. The molecule has 0 saturated carbocycles. The fourth-order valence-corrected chi connectivity index (χ4v) is 2.25. The van der Waals surface area contributed by atoms with Crippen molar-refractivity contribution < 1.29 is 14.3 Å². The highest BCUT2D eigenvalue weighted by Gasteiger charge is 2.17. The molecular formula is C15H19NO3. The van der Waals surface area contributed by atoms with E-state index >= 15 is 0 Å². The van der Waals surface area contributed by atoms with E-state index < -0.39 is 0 Å². The van der Waals surface area contributed by atoms with Crippen LogP contribution in [0.5, 0.6) is 5.75 Å². The quantitative estimate of drug-likeness (QED) is 0.776. The smallest absolute Gasteiger partial charge is 0.354 e. The number of carbonyl (C=O) groups is 1. The van der Waals surface area contributed by atoms with Gasteiger partial charge in [0.2, 0.25) is 0 Å². The lowest BCUT2D eigenvalue weighted by Gasteiger charge is -2.07. The molecule has 0 fully saturated rings. The molecule has 0 aliphatic heterocycles. The van der Waals surface area contributed by atoms with Crippen LogP contribution in [-0.4, -0.2) is 23.8 Å². The molecule has 0 unspecified atom stereocenters. The average Bonchev–Trinajstić information content (AvgIpc) is 2.79. The maximum Gasteiger partial charge on any atom is 0.354 e. The van der Waals surface area contributed by atoms with Crippen LogP contribution in [0, 0.1) is 0 Å². The number of aryl methyl sites for hydroxylation is 1. The summed E-state index contributed by atoms with van der Waals surface area (Å²) in [6.07, 6.45) is 0. The van der Waals surface area contributed by atoms with Gasteiger partial charge in [-0.25, -0.2) is 4.79 Å². The molecule has 1 aromatic carbocycles. The summed E-state index contributed by atoms with van der Waals surface area (Å²) in [7, 11) is 0. The predicted molar refractivity (Wildman–Crippen MR) is 74.7 cm³/mol. The zero-order valence-electron chi connectivity index (χ0n) is 11.6. The molecule has 1 aromatic heterocycles. The number of ether oxygens (including phenoxy) is 2.